The molecule has 0 saturated heterocycles. The molecule has 1 atom stereocenters. The van der Waals surface area contributed by atoms with Crippen LogP contribution in [-0.2, 0) is 14.3 Å². The fourth-order valence-electron chi connectivity index (χ4n) is 1.95. The summed E-state index contributed by atoms with van der Waals surface area (Å²) < 4.78 is 5.62. The highest BCUT2D eigenvalue weighted by atomic mass is 79.9. The van der Waals surface area contributed by atoms with Crippen LogP contribution in [0.4, 0.5) is 0 Å². The van der Waals surface area contributed by atoms with Crippen LogP contribution in [0.3, 0.4) is 0 Å². The number of esters is 1. The summed E-state index contributed by atoms with van der Waals surface area (Å²) in [7, 11) is 1.34. The number of carbonyl (C=O) groups is 2. The van der Waals surface area contributed by atoms with Gasteiger partial charge in [0.1, 0.15) is 0 Å². The number of halogens is 1. The summed E-state index contributed by atoms with van der Waals surface area (Å²) in [6.45, 7) is 6.00. The molecule has 116 valence electrons. The van der Waals surface area contributed by atoms with Crippen molar-refractivity contribution in [3.63, 3.8) is 0 Å². The Morgan fingerprint density at radius 2 is 2.00 bits per heavy atom. The minimum Gasteiger partial charge on any atom is -0.469 e. The first-order chi connectivity index (χ1) is 9.71. The number of nitrogens with one attached hydrogen (secondary N) is 1. The maximum absolute atomic E-state index is 12.1. The maximum Gasteiger partial charge on any atom is 0.307 e. The summed E-state index contributed by atoms with van der Waals surface area (Å²) in [5.74, 6) is -0.424. The summed E-state index contributed by atoms with van der Waals surface area (Å²) in [5, 5.41) is 2.92. The van der Waals surface area contributed by atoms with Gasteiger partial charge in [-0.05, 0) is 23.1 Å². The number of methoxy groups -OCH3 is 1. The second kappa shape index (κ2) is 7.59. The number of amides is 1. The molecular weight excluding hydrogens is 334 g/mol. The Hall–Kier alpha value is -1.36. The lowest BCUT2D eigenvalue weighted by atomic mass is 9.91. The van der Waals surface area contributed by atoms with Gasteiger partial charge in [0, 0.05) is 10.9 Å². The summed E-state index contributed by atoms with van der Waals surface area (Å²) >= 11 is 3.40. The topological polar surface area (TPSA) is 55.4 Å². The number of benzene rings is 1. The van der Waals surface area contributed by atoms with Gasteiger partial charge in [-0.2, -0.15) is 0 Å². The lowest BCUT2D eigenvalue weighted by molar-refractivity contribution is -0.141. The Morgan fingerprint density at radius 1 is 1.33 bits per heavy atom. The van der Waals surface area contributed by atoms with E-state index >= 15 is 0 Å². The van der Waals surface area contributed by atoms with E-state index < -0.39 is 0 Å². The molecule has 0 aromatic heterocycles. The van der Waals surface area contributed by atoms with Crippen molar-refractivity contribution in [1.29, 1.82) is 0 Å². The third-order valence-electron chi connectivity index (χ3n) is 2.88. The first kappa shape index (κ1) is 17.7. The van der Waals surface area contributed by atoms with Crippen LogP contribution in [-0.4, -0.2) is 19.0 Å². The van der Waals surface area contributed by atoms with E-state index in [0.717, 1.165) is 10.0 Å². The van der Waals surface area contributed by atoms with Crippen molar-refractivity contribution < 1.29 is 14.3 Å². The van der Waals surface area contributed by atoms with Gasteiger partial charge >= 0.3 is 5.97 Å². The van der Waals surface area contributed by atoms with Gasteiger partial charge < -0.3 is 10.1 Å². The second-order valence-electron chi connectivity index (χ2n) is 6.19. The molecule has 4 nitrogen and oxygen atoms in total. The van der Waals surface area contributed by atoms with E-state index in [4.69, 9.17) is 4.74 Å². The predicted octanol–water partition coefficient (Wildman–Crippen LogP) is 3.61. The van der Waals surface area contributed by atoms with Gasteiger partial charge in [0.15, 0.2) is 0 Å². The van der Waals surface area contributed by atoms with Crippen LogP contribution in [0.1, 0.15) is 45.2 Å². The lowest BCUT2D eigenvalue weighted by Crippen LogP contribution is -2.32. The molecule has 0 fully saturated rings. The van der Waals surface area contributed by atoms with Crippen molar-refractivity contribution in [3.8, 4) is 0 Å². The van der Waals surface area contributed by atoms with Crippen LogP contribution >= 0.6 is 15.9 Å². The molecular formula is C16H22BrNO3. The highest BCUT2D eigenvalue weighted by Crippen LogP contribution is 2.23. The average molecular weight is 356 g/mol. The first-order valence-corrected chi connectivity index (χ1v) is 7.62. The molecule has 1 aromatic carbocycles. The number of hydrogen-bond donors (Lipinski definition) is 1. The molecule has 5 heteroatoms. The average Bonchev–Trinajstić information content (AvgIpc) is 2.35. The molecule has 1 amide bonds. The zero-order valence-electron chi connectivity index (χ0n) is 12.9. The Bertz CT molecular complexity index is 508. The SMILES string of the molecule is COC(=O)C[C@@H](NC(=O)CC(C)(C)C)c1cccc(Br)c1. The zero-order valence-corrected chi connectivity index (χ0v) is 14.5. The van der Waals surface area contributed by atoms with Crippen molar-refractivity contribution in [1.82, 2.24) is 5.32 Å². The molecule has 0 radical (unpaired) electrons. The highest BCUT2D eigenvalue weighted by molar-refractivity contribution is 9.10. The quantitative estimate of drug-likeness (QED) is 0.820. The Balaban J connectivity index is 2.87. The molecule has 0 unspecified atom stereocenters. The molecule has 1 N–H and O–H groups in total. The van der Waals surface area contributed by atoms with Gasteiger partial charge in [0.05, 0.1) is 19.6 Å². The monoisotopic (exact) mass is 355 g/mol. The largest absolute Gasteiger partial charge is 0.469 e. The van der Waals surface area contributed by atoms with Crippen molar-refractivity contribution in [2.24, 2.45) is 5.41 Å². The molecule has 0 heterocycles. The van der Waals surface area contributed by atoms with Gasteiger partial charge in [-0.25, -0.2) is 0 Å². The summed E-state index contributed by atoms with van der Waals surface area (Å²) in [5.41, 5.74) is 0.772. The normalized spacial score (nSPS) is 12.6. The molecule has 0 aliphatic rings. The van der Waals surface area contributed by atoms with Gasteiger partial charge in [-0.3, -0.25) is 9.59 Å². The third kappa shape index (κ3) is 6.76. The Labute approximate surface area is 134 Å². The van der Waals surface area contributed by atoms with E-state index in [0.29, 0.717) is 6.42 Å². The van der Waals surface area contributed by atoms with E-state index in [1.54, 1.807) is 0 Å². The molecule has 0 bridgehead atoms. The standard InChI is InChI=1S/C16H22BrNO3/c1-16(2,3)10-14(19)18-13(9-15(20)21-4)11-6-5-7-12(17)8-11/h5-8,13H,9-10H2,1-4H3,(H,18,19)/t13-/m1/s1. The summed E-state index contributed by atoms with van der Waals surface area (Å²) in [4.78, 5) is 23.7. The smallest absolute Gasteiger partial charge is 0.307 e. The minimum atomic E-state index is -0.384. The van der Waals surface area contributed by atoms with Crippen molar-refractivity contribution in [2.45, 2.75) is 39.7 Å². The van der Waals surface area contributed by atoms with Crippen LogP contribution in [0.2, 0.25) is 0 Å². The zero-order chi connectivity index (χ0) is 16.0. The van der Waals surface area contributed by atoms with E-state index in [9.17, 15) is 9.59 Å². The molecule has 0 spiro atoms. The van der Waals surface area contributed by atoms with E-state index in [2.05, 4.69) is 21.2 Å². The highest BCUT2D eigenvalue weighted by Gasteiger charge is 2.22. The molecule has 0 aliphatic heterocycles. The van der Waals surface area contributed by atoms with Gasteiger partial charge in [0.25, 0.3) is 0 Å². The molecule has 0 saturated carbocycles. The fourth-order valence-corrected chi connectivity index (χ4v) is 2.37. The van der Waals surface area contributed by atoms with E-state index in [1.807, 2.05) is 45.0 Å². The third-order valence-corrected chi connectivity index (χ3v) is 3.37. The Kier molecular flexibility index (Phi) is 6.40. The van der Waals surface area contributed by atoms with Crippen molar-refractivity contribution in [2.75, 3.05) is 7.11 Å². The van der Waals surface area contributed by atoms with E-state index in [-0.39, 0.29) is 29.8 Å². The first-order valence-electron chi connectivity index (χ1n) is 6.83. The lowest BCUT2D eigenvalue weighted by Gasteiger charge is -2.22. The molecule has 1 aromatic rings. The number of rotatable bonds is 5. The van der Waals surface area contributed by atoms with Gasteiger partial charge in [-0.1, -0.05) is 48.8 Å². The number of ether oxygens (including phenoxy) is 1. The predicted molar refractivity (Wildman–Crippen MR) is 85.7 cm³/mol. The van der Waals surface area contributed by atoms with Crippen LogP contribution in [0.15, 0.2) is 28.7 Å². The van der Waals surface area contributed by atoms with Crippen LogP contribution in [0, 0.1) is 5.41 Å². The maximum atomic E-state index is 12.1. The molecule has 21 heavy (non-hydrogen) atoms. The van der Waals surface area contributed by atoms with Crippen molar-refractivity contribution in [3.05, 3.63) is 34.3 Å². The number of hydrogen-bond acceptors (Lipinski definition) is 3. The minimum absolute atomic E-state index is 0.0728. The fraction of sp³-hybridized carbons (Fsp3) is 0.500. The van der Waals surface area contributed by atoms with Gasteiger partial charge in [0.2, 0.25) is 5.91 Å². The van der Waals surface area contributed by atoms with Crippen molar-refractivity contribution >= 4 is 27.8 Å². The van der Waals surface area contributed by atoms with Crippen LogP contribution < -0.4 is 5.32 Å². The number of carbonyl (C=O) groups excluding carboxylic acids is 2. The van der Waals surface area contributed by atoms with E-state index in [1.165, 1.54) is 7.11 Å². The summed E-state index contributed by atoms with van der Waals surface area (Å²) in [6.07, 6.45) is 0.515. The van der Waals surface area contributed by atoms with Crippen LogP contribution in [0.25, 0.3) is 0 Å². The van der Waals surface area contributed by atoms with Crippen LogP contribution in [0.5, 0.6) is 0 Å². The molecule has 1 rings (SSSR count). The second-order valence-corrected chi connectivity index (χ2v) is 7.11. The molecule has 0 aliphatic carbocycles. The Morgan fingerprint density at radius 3 is 2.52 bits per heavy atom. The van der Waals surface area contributed by atoms with Gasteiger partial charge in [-0.15, -0.1) is 0 Å². The summed E-state index contributed by atoms with van der Waals surface area (Å²) in [6, 6.07) is 7.17.